The van der Waals surface area contributed by atoms with Gasteiger partial charge >= 0.3 is 24.1 Å². The van der Waals surface area contributed by atoms with E-state index in [0.29, 0.717) is 0 Å². The Morgan fingerprint density at radius 1 is 0.609 bits per heavy atom. The molecule has 0 fully saturated rings. The van der Waals surface area contributed by atoms with Crippen LogP contribution in [0.25, 0.3) is 0 Å². The fourth-order valence-electron chi connectivity index (χ4n) is 3.70. The molecule has 2 aromatic rings. The first-order valence-corrected chi connectivity index (χ1v) is 15.1. The molecule has 0 aromatic heterocycles. The molecule has 0 unspecified atom stereocenters. The summed E-state index contributed by atoms with van der Waals surface area (Å²) in [6.07, 6.45) is -0.639. The molecule has 2 rings (SSSR count). The third-order valence-corrected chi connectivity index (χ3v) is 5.75. The molecule has 0 heterocycles. The van der Waals surface area contributed by atoms with Gasteiger partial charge in [0.1, 0.15) is 36.5 Å². The van der Waals surface area contributed by atoms with Crippen LogP contribution in [-0.4, -0.2) is 47.4 Å². The van der Waals surface area contributed by atoms with E-state index in [1.54, 1.807) is 41.5 Å². The number of alkyl carbamates (subject to hydrolysis) is 2. The largest absolute Gasteiger partial charge is 0.459 e. The third-order valence-electron chi connectivity index (χ3n) is 5.75. The number of ether oxygens (including phenoxy) is 4. The molecule has 0 saturated carbocycles. The maximum absolute atomic E-state index is 12.8. The Morgan fingerprint density at radius 2 is 0.957 bits per heavy atom. The summed E-state index contributed by atoms with van der Waals surface area (Å²) in [4.78, 5) is 50.2. The summed E-state index contributed by atoms with van der Waals surface area (Å²) in [5.74, 6) is 9.95. The van der Waals surface area contributed by atoms with Gasteiger partial charge in [0, 0.05) is 12.8 Å². The summed E-state index contributed by atoms with van der Waals surface area (Å²) < 4.78 is 21.4. The molecule has 0 aliphatic heterocycles. The van der Waals surface area contributed by atoms with Gasteiger partial charge in [-0.2, -0.15) is 0 Å². The van der Waals surface area contributed by atoms with Crippen molar-refractivity contribution in [3.05, 3.63) is 71.8 Å². The Labute approximate surface area is 271 Å². The van der Waals surface area contributed by atoms with Crippen LogP contribution in [-0.2, 0) is 41.8 Å². The van der Waals surface area contributed by atoms with Crippen LogP contribution in [0.4, 0.5) is 9.59 Å². The van der Waals surface area contributed by atoms with Crippen molar-refractivity contribution in [2.45, 2.75) is 104 Å². The predicted molar refractivity (Wildman–Crippen MR) is 173 cm³/mol. The molecule has 0 aliphatic carbocycles. The van der Waals surface area contributed by atoms with Crippen molar-refractivity contribution in [3.8, 4) is 23.7 Å². The molecule has 46 heavy (non-hydrogen) atoms. The van der Waals surface area contributed by atoms with Crippen LogP contribution in [0.5, 0.6) is 0 Å². The highest BCUT2D eigenvalue weighted by Gasteiger charge is 2.26. The van der Waals surface area contributed by atoms with Crippen molar-refractivity contribution in [1.29, 1.82) is 0 Å². The molecule has 0 aliphatic rings. The molecule has 10 nitrogen and oxygen atoms in total. The average Bonchev–Trinajstić information content (AvgIpc) is 2.98. The van der Waals surface area contributed by atoms with Gasteiger partial charge in [-0.25, -0.2) is 19.2 Å². The third kappa shape index (κ3) is 16.8. The van der Waals surface area contributed by atoms with E-state index in [2.05, 4.69) is 34.3 Å². The maximum atomic E-state index is 12.8. The Balaban J connectivity index is 1.95. The summed E-state index contributed by atoms with van der Waals surface area (Å²) in [6.45, 7) is 10.5. The summed E-state index contributed by atoms with van der Waals surface area (Å²) >= 11 is 0. The van der Waals surface area contributed by atoms with E-state index in [1.165, 1.54) is 0 Å². The summed E-state index contributed by atoms with van der Waals surface area (Å²) in [5.41, 5.74) is 0.153. The van der Waals surface area contributed by atoms with Crippen LogP contribution in [0, 0.1) is 23.7 Å². The predicted octanol–water partition coefficient (Wildman–Crippen LogP) is 5.83. The lowest BCUT2D eigenvalue weighted by molar-refractivity contribution is -0.148. The van der Waals surface area contributed by atoms with Gasteiger partial charge in [-0.3, -0.25) is 0 Å². The van der Waals surface area contributed by atoms with Crippen molar-refractivity contribution in [2.75, 3.05) is 0 Å². The topological polar surface area (TPSA) is 129 Å². The molecular weight excluding hydrogens is 588 g/mol. The standard InChI is InChI=1S/C36H44N2O8/c1-35(2,3)45-33(41)37-29(31(39)43-25-27-19-13-11-14-20-27)23-17-9-7-8-10-18-24-30(38-34(42)46-36(4,5)6)32(40)44-26-28-21-15-12-16-22-28/h11-16,19-22,29-30H,17-18,23-26H2,1-6H3,(H,37,41)(H,38,42)/t29-,30-/m0/s1. The zero-order chi connectivity index (χ0) is 34.0. The van der Waals surface area contributed by atoms with Crippen molar-refractivity contribution in [3.63, 3.8) is 0 Å². The minimum atomic E-state index is -0.970. The first-order chi connectivity index (χ1) is 21.7. The molecule has 2 aromatic carbocycles. The van der Waals surface area contributed by atoms with Crippen LogP contribution in [0.15, 0.2) is 60.7 Å². The molecule has 0 bridgehead atoms. The van der Waals surface area contributed by atoms with Crippen LogP contribution >= 0.6 is 0 Å². The number of hydrogen-bond donors (Lipinski definition) is 2. The van der Waals surface area contributed by atoms with Gasteiger partial charge in [0.15, 0.2) is 0 Å². The van der Waals surface area contributed by atoms with Gasteiger partial charge in [-0.05, 0) is 77.4 Å². The number of esters is 2. The minimum Gasteiger partial charge on any atom is -0.459 e. The first-order valence-electron chi connectivity index (χ1n) is 15.1. The molecular formula is C36H44N2O8. The van der Waals surface area contributed by atoms with Gasteiger partial charge in [-0.1, -0.05) is 72.5 Å². The van der Waals surface area contributed by atoms with E-state index < -0.39 is 47.4 Å². The Morgan fingerprint density at radius 3 is 1.28 bits per heavy atom. The molecule has 246 valence electrons. The van der Waals surface area contributed by atoms with Crippen molar-refractivity contribution in [1.82, 2.24) is 10.6 Å². The zero-order valence-electron chi connectivity index (χ0n) is 27.4. The SMILES string of the molecule is CC(C)(C)OC(=O)N[C@@H](CCC#CC#CCC[C@H](NC(=O)OC(C)(C)C)C(=O)OCc1ccccc1)C(=O)OCc1ccccc1. The number of rotatable bonds is 12. The van der Waals surface area contributed by atoms with Gasteiger partial charge < -0.3 is 29.6 Å². The van der Waals surface area contributed by atoms with E-state index in [0.717, 1.165) is 11.1 Å². The second-order valence-corrected chi connectivity index (χ2v) is 12.3. The van der Waals surface area contributed by atoms with Crippen LogP contribution in [0.2, 0.25) is 0 Å². The highest BCUT2D eigenvalue weighted by atomic mass is 16.6. The van der Waals surface area contributed by atoms with Gasteiger partial charge in [-0.15, -0.1) is 0 Å². The molecule has 2 N–H and O–H groups in total. The lowest BCUT2D eigenvalue weighted by Gasteiger charge is -2.22. The average molecular weight is 633 g/mol. The van der Waals surface area contributed by atoms with Crippen molar-refractivity contribution < 1.29 is 38.1 Å². The van der Waals surface area contributed by atoms with Crippen LogP contribution in [0.3, 0.4) is 0 Å². The molecule has 10 heteroatoms. The number of nitrogens with one attached hydrogen (secondary N) is 2. The van der Waals surface area contributed by atoms with E-state index >= 15 is 0 Å². The highest BCUT2D eigenvalue weighted by molar-refractivity contribution is 5.82. The fraction of sp³-hybridized carbons (Fsp3) is 0.444. The number of hydrogen-bond acceptors (Lipinski definition) is 8. The second kappa shape index (κ2) is 18.8. The fourth-order valence-corrected chi connectivity index (χ4v) is 3.70. The lowest BCUT2D eigenvalue weighted by atomic mass is 10.1. The Bertz CT molecular complexity index is 1300. The van der Waals surface area contributed by atoms with Crippen LogP contribution < -0.4 is 10.6 Å². The van der Waals surface area contributed by atoms with E-state index in [1.807, 2.05) is 60.7 Å². The number of amides is 2. The number of carbonyl (C=O) groups is 4. The molecule has 2 atom stereocenters. The Hall–Kier alpha value is -4.96. The smallest absolute Gasteiger partial charge is 0.408 e. The summed E-state index contributed by atoms with van der Waals surface area (Å²) in [6, 6.07) is 16.5. The summed E-state index contributed by atoms with van der Waals surface area (Å²) in [5, 5.41) is 5.13. The number of benzene rings is 2. The van der Waals surface area contributed by atoms with Gasteiger partial charge in [0.25, 0.3) is 0 Å². The van der Waals surface area contributed by atoms with Gasteiger partial charge in [0.2, 0.25) is 0 Å². The summed E-state index contributed by atoms with van der Waals surface area (Å²) in [7, 11) is 0. The van der Waals surface area contributed by atoms with E-state index in [4.69, 9.17) is 18.9 Å². The minimum absolute atomic E-state index is 0.0624. The van der Waals surface area contributed by atoms with E-state index in [9.17, 15) is 19.2 Å². The molecule has 0 saturated heterocycles. The van der Waals surface area contributed by atoms with Crippen molar-refractivity contribution >= 4 is 24.1 Å². The lowest BCUT2D eigenvalue weighted by Crippen LogP contribution is -2.44. The first kappa shape index (κ1) is 37.2. The maximum Gasteiger partial charge on any atom is 0.408 e. The quantitative estimate of drug-likeness (QED) is 0.170. The molecule has 2 amide bonds. The van der Waals surface area contributed by atoms with Crippen LogP contribution in [0.1, 0.15) is 78.4 Å². The number of carbonyl (C=O) groups excluding carboxylic acids is 4. The molecule has 0 radical (unpaired) electrons. The highest BCUT2D eigenvalue weighted by Crippen LogP contribution is 2.11. The molecule has 0 spiro atoms. The van der Waals surface area contributed by atoms with Crippen molar-refractivity contribution in [2.24, 2.45) is 0 Å². The monoisotopic (exact) mass is 632 g/mol. The van der Waals surface area contributed by atoms with E-state index in [-0.39, 0.29) is 38.9 Å². The normalized spacial score (nSPS) is 12.0. The zero-order valence-corrected chi connectivity index (χ0v) is 27.4. The van der Waals surface area contributed by atoms with Gasteiger partial charge in [0.05, 0.1) is 0 Å². The second-order valence-electron chi connectivity index (χ2n) is 12.3. The Kier molecular flexibility index (Phi) is 15.2.